The third kappa shape index (κ3) is 1.72. The van der Waals surface area contributed by atoms with Gasteiger partial charge in [-0.15, -0.1) is 0 Å². The van der Waals surface area contributed by atoms with Crippen molar-refractivity contribution in [1.29, 1.82) is 0 Å². The molecular weight excluding hydrogens is 186 g/mol. The topological polar surface area (TPSA) is 137 Å². The van der Waals surface area contributed by atoms with Crippen molar-refractivity contribution in [2.75, 3.05) is 35.7 Å². The van der Waals surface area contributed by atoms with Crippen molar-refractivity contribution in [3.05, 3.63) is 11.4 Å². The molecule has 0 saturated heterocycles. The smallest absolute Gasteiger partial charge is 0.303 e. The average Bonchev–Trinajstić information content (AvgIpc) is 2.14. The third-order valence-electron chi connectivity index (χ3n) is 1.74. The molecule has 7 heteroatoms. The van der Waals surface area contributed by atoms with Crippen molar-refractivity contribution in [3.8, 4) is 0 Å². The van der Waals surface area contributed by atoms with Gasteiger partial charge in [0.2, 0.25) is 0 Å². The highest BCUT2D eigenvalue weighted by Gasteiger charge is 2.14. The largest absolute Gasteiger partial charge is 0.710 e. The molecule has 0 saturated carbocycles. The van der Waals surface area contributed by atoms with Crippen molar-refractivity contribution in [1.82, 2.24) is 0 Å². The Kier molecular flexibility index (Phi) is 2.82. The van der Waals surface area contributed by atoms with Crippen molar-refractivity contribution < 1.29 is 9.84 Å². The minimum absolute atomic E-state index is 0.0912. The monoisotopic (exact) mass is 199 g/mol. The molecule has 1 aromatic heterocycles. The molecule has 0 amide bonds. The zero-order valence-electron chi connectivity index (χ0n) is 7.53. The Morgan fingerprint density at radius 2 is 2.00 bits per heavy atom. The Bertz CT molecular complexity index is 341. The van der Waals surface area contributed by atoms with Gasteiger partial charge in [0.15, 0.2) is 0 Å². The number of anilines is 4. The maximum Gasteiger partial charge on any atom is 0.303 e. The fourth-order valence-corrected chi connectivity index (χ4v) is 1.01. The number of aliphatic hydroxyl groups excluding tert-OH is 1. The van der Waals surface area contributed by atoms with Gasteiger partial charge in [-0.25, -0.2) is 4.73 Å². The summed E-state index contributed by atoms with van der Waals surface area (Å²) in [4.78, 5) is 0. The summed E-state index contributed by atoms with van der Waals surface area (Å²) in [6, 6.07) is 0. The minimum Gasteiger partial charge on any atom is -0.710 e. The summed E-state index contributed by atoms with van der Waals surface area (Å²) in [5.74, 6) is 0.103. The normalized spacial score (nSPS) is 10.1. The predicted octanol–water partition coefficient (Wildman–Crippen LogP) is -1.53. The van der Waals surface area contributed by atoms with Gasteiger partial charge in [0.1, 0.15) is 18.4 Å². The van der Waals surface area contributed by atoms with Crippen LogP contribution in [0.3, 0.4) is 0 Å². The molecule has 0 aliphatic carbocycles. The molecular formula is C7H13N5O2. The molecule has 0 aliphatic rings. The van der Waals surface area contributed by atoms with E-state index in [1.54, 1.807) is 0 Å². The van der Waals surface area contributed by atoms with E-state index in [0.717, 1.165) is 6.20 Å². The highest BCUT2D eigenvalue weighted by molar-refractivity contribution is 5.82. The minimum atomic E-state index is -0.107. The molecule has 78 valence electrons. The molecule has 8 N–H and O–H groups in total. The highest BCUT2D eigenvalue weighted by Crippen LogP contribution is 2.25. The lowest BCUT2D eigenvalue weighted by atomic mass is 10.3. The first-order valence-corrected chi connectivity index (χ1v) is 3.99. The Morgan fingerprint density at radius 1 is 1.36 bits per heavy atom. The van der Waals surface area contributed by atoms with Gasteiger partial charge in [-0.2, -0.15) is 0 Å². The van der Waals surface area contributed by atoms with Crippen LogP contribution in [0, 0.1) is 5.21 Å². The van der Waals surface area contributed by atoms with Crippen LogP contribution in [0.1, 0.15) is 0 Å². The van der Waals surface area contributed by atoms with E-state index in [4.69, 9.17) is 22.3 Å². The van der Waals surface area contributed by atoms with Gasteiger partial charge in [0.25, 0.3) is 0 Å². The lowest BCUT2D eigenvalue weighted by Crippen LogP contribution is -2.33. The molecule has 0 bridgehead atoms. The zero-order chi connectivity index (χ0) is 10.7. The molecule has 0 spiro atoms. The van der Waals surface area contributed by atoms with Gasteiger partial charge in [0, 0.05) is 0 Å². The van der Waals surface area contributed by atoms with Crippen LogP contribution < -0.4 is 27.2 Å². The van der Waals surface area contributed by atoms with Crippen molar-refractivity contribution >= 4 is 22.9 Å². The number of nitrogens with zero attached hydrogens (tertiary/aromatic N) is 1. The van der Waals surface area contributed by atoms with Crippen LogP contribution in [0.5, 0.6) is 0 Å². The summed E-state index contributed by atoms with van der Waals surface area (Å²) >= 11 is 0. The maximum atomic E-state index is 11.3. The molecule has 0 atom stereocenters. The van der Waals surface area contributed by atoms with Crippen LogP contribution in [-0.2, 0) is 0 Å². The van der Waals surface area contributed by atoms with Crippen molar-refractivity contribution in [2.45, 2.75) is 0 Å². The Balaban J connectivity index is 3.09. The zero-order valence-corrected chi connectivity index (χ0v) is 7.53. The molecule has 1 heterocycles. The predicted molar refractivity (Wildman–Crippen MR) is 54.2 cm³/mol. The van der Waals surface area contributed by atoms with E-state index in [1.807, 2.05) is 0 Å². The first-order valence-electron chi connectivity index (χ1n) is 3.99. The number of nitrogens with one attached hydrogen (secondary N) is 1. The van der Waals surface area contributed by atoms with Gasteiger partial charge in [-0.1, -0.05) is 0 Å². The number of nitrogens with two attached hydrogens (primary N) is 3. The van der Waals surface area contributed by atoms with E-state index < -0.39 is 0 Å². The Hall–Kier alpha value is -1.89. The Morgan fingerprint density at radius 3 is 2.57 bits per heavy atom. The average molecular weight is 199 g/mol. The number of aliphatic hydroxyl groups is 1. The van der Waals surface area contributed by atoms with Crippen LogP contribution in [0.4, 0.5) is 22.9 Å². The van der Waals surface area contributed by atoms with Crippen LogP contribution in [0.25, 0.3) is 0 Å². The van der Waals surface area contributed by atoms with E-state index in [0.29, 0.717) is 4.73 Å². The van der Waals surface area contributed by atoms with Gasteiger partial charge in [0.05, 0.1) is 18.0 Å². The maximum absolute atomic E-state index is 11.3. The summed E-state index contributed by atoms with van der Waals surface area (Å²) < 4.78 is 0.483. The lowest BCUT2D eigenvalue weighted by molar-refractivity contribution is -0.588. The summed E-state index contributed by atoms with van der Waals surface area (Å²) in [5.41, 5.74) is 16.9. The van der Waals surface area contributed by atoms with Crippen molar-refractivity contribution in [3.63, 3.8) is 0 Å². The van der Waals surface area contributed by atoms with Gasteiger partial charge >= 0.3 is 5.82 Å². The summed E-state index contributed by atoms with van der Waals surface area (Å²) in [5, 5.41) is 22.5. The van der Waals surface area contributed by atoms with E-state index in [2.05, 4.69) is 5.32 Å². The molecule has 0 radical (unpaired) electrons. The number of hydrogen-bond donors (Lipinski definition) is 5. The first kappa shape index (κ1) is 10.2. The second kappa shape index (κ2) is 3.88. The quantitative estimate of drug-likeness (QED) is 0.296. The number of hydrogen-bond acceptors (Lipinski definition) is 6. The van der Waals surface area contributed by atoms with E-state index >= 15 is 0 Å². The lowest BCUT2D eigenvalue weighted by Gasteiger charge is -2.13. The van der Waals surface area contributed by atoms with Crippen molar-refractivity contribution in [2.24, 2.45) is 0 Å². The molecule has 0 aliphatic heterocycles. The molecule has 0 aromatic carbocycles. The second-order valence-electron chi connectivity index (χ2n) is 2.74. The Labute approximate surface area is 80.7 Å². The van der Waals surface area contributed by atoms with Crippen LogP contribution >= 0.6 is 0 Å². The van der Waals surface area contributed by atoms with E-state index in [9.17, 15) is 5.21 Å². The summed E-state index contributed by atoms with van der Waals surface area (Å²) in [7, 11) is 0. The van der Waals surface area contributed by atoms with Gasteiger partial charge < -0.3 is 27.5 Å². The fourth-order valence-electron chi connectivity index (χ4n) is 1.01. The number of aromatic nitrogens is 1. The van der Waals surface area contributed by atoms with E-state index in [-0.39, 0.29) is 36.0 Å². The van der Waals surface area contributed by atoms with E-state index in [1.165, 1.54) is 0 Å². The number of rotatable bonds is 3. The SMILES string of the molecule is Nc1c[n+]([O-])c(NCCO)c(N)c1N. The molecule has 1 rings (SSSR count). The highest BCUT2D eigenvalue weighted by atomic mass is 16.5. The molecule has 0 fully saturated rings. The van der Waals surface area contributed by atoms with Gasteiger partial charge in [-0.05, 0) is 0 Å². The van der Waals surface area contributed by atoms with Crippen LogP contribution in [0.2, 0.25) is 0 Å². The number of pyridine rings is 1. The van der Waals surface area contributed by atoms with Gasteiger partial charge in [-0.3, -0.25) is 5.32 Å². The molecule has 14 heavy (non-hydrogen) atoms. The summed E-state index contributed by atoms with van der Waals surface area (Å²) in [6.45, 7) is 0.111. The fraction of sp³-hybridized carbons (Fsp3) is 0.286. The first-order chi connectivity index (χ1) is 6.57. The molecule has 7 nitrogen and oxygen atoms in total. The van der Waals surface area contributed by atoms with Crippen LogP contribution in [-0.4, -0.2) is 18.3 Å². The number of nitrogen functional groups attached to an aromatic ring is 3. The summed E-state index contributed by atoms with van der Waals surface area (Å²) in [6.07, 6.45) is 1.12. The molecule has 0 unspecified atom stereocenters. The standard InChI is InChI=1S/C7H13N5O2/c8-4-3-12(14)7(11-1-2-13)6(10)5(4)9/h3,11,13H,1-2,8-10H2. The second-order valence-corrected chi connectivity index (χ2v) is 2.74. The van der Waals surface area contributed by atoms with Crippen LogP contribution in [0.15, 0.2) is 6.20 Å². The molecule has 1 aromatic rings. The third-order valence-corrected chi connectivity index (χ3v) is 1.74.